The molecule has 0 saturated carbocycles. The summed E-state index contributed by atoms with van der Waals surface area (Å²) in [5.41, 5.74) is 2.39. The zero-order valence-corrected chi connectivity index (χ0v) is 16.2. The second kappa shape index (κ2) is 7.80. The second-order valence-corrected chi connectivity index (χ2v) is 7.10. The van der Waals surface area contributed by atoms with Crippen molar-refractivity contribution in [2.45, 2.75) is 19.4 Å². The lowest BCUT2D eigenvalue weighted by Crippen LogP contribution is -2.40. The van der Waals surface area contributed by atoms with E-state index in [1.165, 1.54) is 0 Å². The number of ether oxygens (including phenoxy) is 1. The lowest BCUT2D eigenvalue weighted by atomic mass is 9.94. The summed E-state index contributed by atoms with van der Waals surface area (Å²) in [5.74, 6) is 0.363. The van der Waals surface area contributed by atoms with Gasteiger partial charge in [0.2, 0.25) is 0 Å². The third-order valence-corrected chi connectivity index (χ3v) is 4.70. The monoisotopic (exact) mass is 380 g/mol. The highest BCUT2D eigenvalue weighted by Crippen LogP contribution is 2.34. The largest absolute Gasteiger partial charge is 0.496 e. The molecule has 2 aromatic carbocycles. The summed E-state index contributed by atoms with van der Waals surface area (Å²) in [6, 6.07) is 18.6. The molecular formula is C22H21ClN2O2. The molecule has 3 rings (SSSR count). The van der Waals surface area contributed by atoms with E-state index in [0.717, 1.165) is 11.1 Å². The quantitative estimate of drug-likeness (QED) is 0.671. The first-order chi connectivity index (χ1) is 12.9. The predicted molar refractivity (Wildman–Crippen MR) is 108 cm³/mol. The summed E-state index contributed by atoms with van der Waals surface area (Å²) >= 11 is 6.25. The molecule has 3 aromatic rings. The first kappa shape index (κ1) is 18.9. The fourth-order valence-electron chi connectivity index (χ4n) is 2.89. The Hall–Kier alpha value is -2.85. The van der Waals surface area contributed by atoms with Crippen LogP contribution in [0.3, 0.4) is 0 Å². The van der Waals surface area contributed by atoms with Crippen LogP contribution in [0, 0.1) is 0 Å². The van der Waals surface area contributed by atoms with Crippen LogP contribution in [-0.2, 0) is 5.54 Å². The minimum Gasteiger partial charge on any atom is -0.496 e. The number of methoxy groups -OCH3 is 1. The van der Waals surface area contributed by atoms with Crippen LogP contribution >= 0.6 is 11.6 Å². The number of nitrogens with zero attached hydrogens (tertiary/aromatic N) is 1. The van der Waals surface area contributed by atoms with Gasteiger partial charge in [-0.3, -0.25) is 9.78 Å². The Morgan fingerprint density at radius 3 is 2.48 bits per heavy atom. The van der Waals surface area contributed by atoms with Crippen molar-refractivity contribution in [3.63, 3.8) is 0 Å². The Bertz CT molecular complexity index is 956. The second-order valence-electron chi connectivity index (χ2n) is 6.69. The van der Waals surface area contributed by atoms with Crippen LogP contribution in [0.1, 0.15) is 29.8 Å². The first-order valence-corrected chi connectivity index (χ1v) is 8.97. The molecule has 27 heavy (non-hydrogen) atoms. The molecule has 0 unspecified atom stereocenters. The summed E-state index contributed by atoms with van der Waals surface area (Å²) < 4.78 is 5.48. The van der Waals surface area contributed by atoms with Crippen LogP contribution < -0.4 is 10.1 Å². The van der Waals surface area contributed by atoms with Crippen LogP contribution in [0.15, 0.2) is 66.9 Å². The summed E-state index contributed by atoms with van der Waals surface area (Å²) in [5, 5.41) is 3.60. The number of aromatic nitrogens is 1. The van der Waals surface area contributed by atoms with Gasteiger partial charge in [0, 0.05) is 17.3 Å². The zero-order chi connectivity index (χ0) is 19.4. The Morgan fingerprint density at radius 2 is 1.81 bits per heavy atom. The Labute approximate surface area is 164 Å². The Kier molecular flexibility index (Phi) is 5.47. The van der Waals surface area contributed by atoms with Crippen molar-refractivity contribution in [1.29, 1.82) is 0 Å². The molecule has 0 radical (unpaired) electrons. The van der Waals surface area contributed by atoms with Gasteiger partial charge in [-0.1, -0.05) is 41.9 Å². The van der Waals surface area contributed by atoms with Crippen LogP contribution in [0.5, 0.6) is 5.75 Å². The van der Waals surface area contributed by atoms with Gasteiger partial charge in [-0.05, 0) is 49.7 Å². The van der Waals surface area contributed by atoms with Gasteiger partial charge in [-0.25, -0.2) is 0 Å². The molecule has 0 saturated heterocycles. The van der Waals surface area contributed by atoms with Crippen molar-refractivity contribution < 1.29 is 9.53 Å². The van der Waals surface area contributed by atoms with E-state index in [4.69, 9.17) is 16.3 Å². The zero-order valence-electron chi connectivity index (χ0n) is 15.5. The average molecular weight is 381 g/mol. The Morgan fingerprint density at radius 1 is 1.07 bits per heavy atom. The molecule has 0 fully saturated rings. The lowest BCUT2D eigenvalue weighted by molar-refractivity contribution is 0.0911. The number of hydrogen-bond acceptors (Lipinski definition) is 3. The number of nitrogens with one attached hydrogen (secondary N) is 1. The number of rotatable bonds is 5. The Balaban J connectivity index is 1.89. The van der Waals surface area contributed by atoms with Gasteiger partial charge in [0.1, 0.15) is 5.75 Å². The van der Waals surface area contributed by atoms with E-state index in [1.807, 2.05) is 44.2 Å². The lowest BCUT2D eigenvalue weighted by Gasteiger charge is -2.27. The predicted octanol–water partition coefficient (Wildman–Crippen LogP) is 5.08. The third kappa shape index (κ3) is 4.12. The molecular weight excluding hydrogens is 360 g/mol. The average Bonchev–Trinajstić information content (AvgIpc) is 2.68. The van der Waals surface area contributed by atoms with E-state index in [0.29, 0.717) is 22.0 Å². The highest BCUT2D eigenvalue weighted by atomic mass is 35.5. The standard InChI is InChI=1S/C22H21ClN2O2/c1-22(2,16-8-5-4-6-9-16)25-21(26)15-11-12-17(19(14-15)27-3)20-18(23)10-7-13-24-20/h4-14H,1-3H3,(H,25,26). The van der Waals surface area contributed by atoms with Crippen LogP contribution in [0.2, 0.25) is 5.02 Å². The SMILES string of the molecule is COc1cc(C(=O)NC(C)(C)c2ccccc2)ccc1-c1ncccc1Cl. The van der Waals surface area contributed by atoms with E-state index in [9.17, 15) is 4.79 Å². The normalized spacial score (nSPS) is 11.1. The van der Waals surface area contributed by atoms with E-state index in [2.05, 4.69) is 10.3 Å². The molecule has 0 atom stereocenters. The minimum atomic E-state index is -0.505. The van der Waals surface area contributed by atoms with E-state index in [-0.39, 0.29) is 5.91 Å². The van der Waals surface area contributed by atoms with Gasteiger partial charge in [0.05, 0.1) is 23.4 Å². The number of hydrogen-bond donors (Lipinski definition) is 1. The molecule has 138 valence electrons. The van der Waals surface area contributed by atoms with Gasteiger partial charge in [-0.2, -0.15) is 0 Å². The van der Waals surface area contributed by atoms with Crippen LogP contribution in [-0.4, -0.2) is 18.0 Å². The third-order valence-electron chi connectivity index (χ3n) is 4.40. The van der Waals surface area contributed by atoms with E-state index in [1.54, 1.807) is 43.6 Å². The van der Waals surface area contributed by atoms with Crippen LogP contribution in [0.4, 0.5) is 0 Å². The van der Waals surface area contributed by atoms with Gasteiger partial charge >= 0.3 is 0 Å². The molecule has 0 aliphatic carbocycles. The maximum atomic E-state index is 12.8. The fourth-order valence-corrected chi connectivity index (χ4v) is 3.12. The van der Waals surface area contributed by atoms with Crippen molar-refractivity contribution in [2.24, 2.45) is 0 Å². The number of carbonyl (C=O) groups excluding carboxylic acids is 1. The van der Waals surface area contributed by atoms with Crippen molar-refractivity contribution in [3.8, 4) is 17.0 Å². The number of halogens is 1. The molecule has 1 heterocycles. The summed E-state index contributed by atoms with van der Waals surface area (Å²) in [7, 11) is 1.56. The smallest absolute Gasteiger partial charge is 0.252 e. The molecule has 0 aliphatic heterocycles. The molecule has 1 N–H and O–H groups in total. The molecule has 5 heteroatoms. The molecule has 0 aliphatic rings. The van der Waals surface area contributed by atoms with Gasteiger partial charge in [0.15, 0.2) is 0 Å². The van der Waals surface area contributed by atoms with E-state index < -0.39 is 5.54 Å². The van der Waals surface area contributed by atoms with Gasteiger partial charge < -0.3 is 10.1 Å². The van der Waals surface area contributed by atoms with Crippen molar-refractivity contribution >= 4 is 17.5 Å². The van der Waals surface area contributed by atoms with Crippen LogP contribution in [0.25, 0.3) is 11.3 Å². The number of carbonyl (C=O) groups is 1. The molecule has 1 aromatic heterocycles. The summed E-state index contributed by atoms with van der Waals surface area (Å²) in [6.07, 6.45) is 1.67. The van der Waals surface area contributed by atoms with Crippen molar-refractivity contribution in [1.82, 2.24) is 10.3 Å². The van der Waals surface area contributed by atoms with Crippen molar-refractivity contribution in [2.75, 3.05) is 7.11 Å². The number of amides is 1. The summed E-state index contributed by atoms with van der Waals surface area (Å²) in [6.45, 7) is 3.94. The minimum absolute atomic E-state index is 0.180. The number of pyridine rings is 1. The molecule has 0 bridgehead atoms. The maximum absolute atomic E-state index is 12.8. The van der Waals surface area contributed by atoms with Gasteiger partial charge in [0.25, 0.3) is 5.91 Å². The molecule has 1 amide bonds. The highest BCUT2D eigenvalue weighted by Gasteiger charge is 2.24. The van der Waals surface area contributed by atoms with E-state index >= 15 is 0 Å². The highest BCUT2D eigenvalue weighted by molar-refractivity contribution is 6.33. The fraction of sp³-hybridized carbons (Fsp3) is 0.182. The molecule has 0 spiro atoms. The summed E-state index contributed by atoms with van der Waals surface area (Å²) in [4.78, 5) is 17.1. The van der Waals surface area contributed by atoms with Gasteiger partial charge in [-0.15, -0.1) is 0 Å². The number of benzene rings is 2. The maximum Gasteiger partial charge on any atom is 0.252 e. The topological polar surface area (TPSA) is 51.2 Å². The van der Waals surface area contributed by atoms with Crippen molar-refractivity contribution in [3.05, 3.63) is 83.0 Å². The molecule has 4 nitrogen and oxygen atoms in total. The first-order valence-electron chi connectivity index (χ1n) is 8.59.